The van der Waals surface area contributed by atoms with Gasteiger partial charge in [-0.3, -0.25) is 0 Å². The lowest BCUT2D eigenvalue weighted by atomic mass is 10.1. The largest absolute Gasteiger partial charge is 0.618 e. The van der Waals surface area contributed by atoms with E-state index in [9.17, 15) is 5.21 Å². The predicted molar refractivity (Wildman–Crippen MR) is 55.6 cm³/mol. The molecule has 0 amide bonds. The topological polar surface area (TPSA) is 50.7 Å². The van der Waals surface area contributed by atoms with Gasteiger partial charge in [0.1, 0.15) is 0 Å². The number of aromatic nitrogens is 1. The normalized spacial score (nSPS) is 9.53. The minimum Gasteiger partial charge on any atom is -0.618 e. The van der Waals surface area contributed by atoms with Gasteiger partial charge in [0, 0.05) is 17.7 Å². The van der Waals surface area contributed by atoms with Crippen LogP contribution in [0.25, 0.3) is 11.3 Å². The molecule has 0 spiro atoms. The Morgan fingerprint density at radius 3 is 2.73 bits per heavy atom. The van der Waals surface area contributed by atoms with Gasteiger partial charge in [0.2, 0.25) is 5.69 Å². The van der Waals surface area contributed by atoms with E-state index in [-0.39, 0.29) is 0 Å². The molecule has 2 aromatic rings. The zero-order valence-electron chi connectivity index (χ0n) is 7.92. The second-order valence-corrected chi connectivity index (χ2v) is 3.10. The second-order valence-electron chi connectivity index (χ2n) is 3.10. The molecule has 0 aliphatic carbocycles. The molecular weight excluding hydrogens is 188 g/mol. The van der Waals surface area contributed by atoms with Crippen molar-refractivity contribution in [2.75, 3.05) is 0 Å². The average Bonchev–Trinajstić information content (AvgIpc) is 2.30. The minimum atomic E-state index is 0.551. The minimum absolute atomic E-state index is 0.551. The molecule has 3 heteroatoms. The van der Waals surface area contributed by atoms with E-state index < -0.39 is 0 Å². The zero-order chi connectivity index (χ0) is 10.7. The Morgan fingerprint density at radius 1 is 1.13 bits per heavy atom. The molecule has 0 radical (unpaired) electrons. The van der Waals surface area contributed by atoms with Crippen LogP contribution in [0.2, 0.25) is 0 Å². The second kappa shape index (κ2) is 3.81. The third-order valence-corrected chi connectivity index (χ3v) is 2.11. The van der Waals surface area contributed by atoms with Crippen LogP contribution in [0.5, 0.6) is 0 Å². The van der Waals surface area contributed by atoms with E-state index in [2.05, 4.69) is 0 Å². The number of pyridine rings is 1. The molecule has 1 aromatic carbocycles. The Morgan fingerprint density at radius 2 is 2.00 bits per heavy atom. The summed E-state index contributed by atoms with van der Waals surface area (Å²) in [6, 6.07) is 14.2. The molecule has 0 N–H and O–H groups in total. The van der Waals surface area contributed by atoms with Gasteiger partial charge in [0.25, 0.3) is 0 Å². The molecule has 0 bridgehead atoms. The Labute approximate surface area is 87.4 Å². The molecule has 0 saturated carbocycles. The van der Waals surface area contributed by atoms with Crippen LogP contribution < -0.4 is 4.73 Å². The summed E-state index contributed by atoms with van der Waals surface area (Å²) in [5.74, 6) is 0. The summed E-state index contributed by atoms with van der Waals surface area (Å²) in [6.07, 6.45) is 1.44. The summed E-state index contributed by atoms with van der Waals surface area (Å²) in [7, 11) is 0. The number of nitriles is 1. The Bertz CT molecular complexity index is 529. The quantitative estimate of drug-likeness (QED) is 0.516. The van der Waals surface area contributed by atoms with Crippen molar-refractivity contribution in [1.82, 2.24) is 0 Å². The molecule has 15 heavy (non-hydrogen) atoms. The van der Waals surface area contributed by atoms with Crippen molar-refractivity contribution in [2.24, 2.45) is 0 Å². The molecule has 0 fully saturated rings. The monoisotopic (exact) mass is 196 g/mol. The smallest absolute Gasteiger partial charge is 0.223 e. The molecule has 0 unspecified atom stereocenters. The van der Waals surface area contributed by atoms with Crippen molar-refractivity contribution in [3.05, 3.63) is 59.4 Å². The van der Waals surface area contributed by atoms with Crippen molar-refractivity contribution in [3.63, 3.8) is 0 Å². The highest BCUT2D eigenvalue weighted by molar-refractivity contribution is 5.58. The lowest BCUT2D eigenvalue weighted by molar-refractivity contribution is -0.593. The molecule has 0 aliphatic heterocycles. The number of nitrogens with zero attached hydrogens (tertiary/aromatic N) is 2. The van der Waals surface area contributed by atoms with Crippen LogP contribution in [0.3, 0.4) is 0 Å². The zero-order valence-corrected chi connectivity index (χ0v) is 7.92. The number of rotatable bonds is 1. The summed E-state index contributed by atoms with van der Waals surface area (Å²) < 4.78 is 0.788. The highest BCUT2D eigenvalue weighted by Crippen LogP contribution is 2.15. The summed E-state index contributed by atoms with van der Waals surface area (Å²) in [6.45, 7) is 0. The first-order chi connectivity index (χ1) is 7.31. The standard InChI is InChI=1S/C12H8N2O/c13-9-10-4-3-5-11(8-10)12-6-1-2-7-14(12)15/h1-8H. The first-order valence-electron chi connectivity index (χ1n) is 4.50. The first-order valence-corrected chi connectivity index (χ1v) is 4.50. The highest BCUT2D eigenvalue weighted by atomic mass is 16.5. The van der Waals surface area contributed by atoms with Crippen LogP contribution in [-0.2, 0) is 0 Å². The predicted octanol–water partition coefficient (Wildman–Crippen LogP) is 1.86. The molecule has 1 aromatic heterocycles. The van der Waals surface area contributed by atoms with Crippen molar-refractivity contribution in [1.29, 1.82) is 5.26 Å². The number of hydrogen-bond acceptors (Lipinski definition) is 2. The molecular formula is C12H8N2O. The summed E-state index contributed by atoms with van der Waals surface area (Å²) in [4.78, 5) is 0. The van der Waals surface area contributed by atoms with Gasteiger partial charge < -0.3 is 5.21 Å². The molecule has 1 heterocycles. The van der Waals surface area contributed by atoms with E-state index in [1.54, 1.807) is 36.4 Å². The average molecular weight is 196 g/mol. The van der Waals surface area contributed by atoms with Gasteiger partial charge in [-0.2, -0.15) is 9.99 Å². The lowest BCUT2D eigenvalue weighted by Crippen LogP contribution is -2.27. The third-order valence-electron chi connectivity index (χ3n) is 2.11. The van der Waals surface area contributed by atoms with Gasteiger partial charge >= 0.3 is 0 Å². The van der Waals surface area contributed by atoms with Crippen molar-refractivity contribution in [3.8, 4) is 17.3 Å². The fourth-order valence-electron chi connectivity index (χ4n) is 1.40. The molecule has 0 aliphatic rings. The van der Waals surface area contributed by atoms with Crippen LogP contribution >= 0.6 is 0 Å². The van der Waals surface area contributed by atoms with Crippen LogP contribution in [0.15, 0.2) is 48.7 Å². The van der Waals surface area contributed by atoms with Gasteiger partial charge in [-0.15, -0.1) is 0 Å². The van der Waals surface area contributed by atoms with E-state index >= 15 is 0 Å². The van der Waals surface area contributed by atoms with Crippen LogP contribution in [-0.4, -0.2) is 0 Å². The van der Waals surface area contributed by atoms with Gasteiger partial charge in [-0.1, -0.05) is 6.07 Å². The van der Waals surface area contributed by atoms with Gasteiger partial charge in [-0.25, -0.2) is 0 Å². The Hall–Kier alpha value is -2.34. The Kier molecular flexibility index (Phi) is 2.34. The first kappa shape index (κ1) is 9.22. The molecule has 3 nitrogen and oxygen atoms in total. The number of hydrogen-bond donors (Lipinski definition) is 0. The lowest BCUT2D eigenvalue weighted by Gasteiger charge is -2.03. The van der Waals surface area contributed by atoms with E-state index in [4.69, 9.17) is 5.26 Å². The molecule has 0 atom stereocenters. The molecule has 2 rings (SSSR count). The van der Waals surface area contributed by atoms with Crippen molar-refractivity contribution < 1.29 is 4.73 Å². The SMILES string of the molecule is N#Cc1cccc(-c2cccc[n+]2[O-])c1. The van der Waals surface area contributed by atoms with E-state index in [1.165, 1.54) is 6.20 Å². The molecule has 72 valence electrons. The van der Waals surface area contributed by atoms with Crippen LogP contribution in [0.1, 0.15) is 5.56 Å². The third kappa shape index (κ3) is 1.79. The maximum Gasteiger partial charge on any atom is 0.223 e. The molecule has 0 saturated heterocycles. The maximum absolute atomic E-state index is 11.5. The fraction of sp³-hybridized carbons (Fsp3) is 0. The van der Waals surface area contributed by atoms with Crippen molar-refractivity contribution in [2.45, 2.75) is 0 Å². The van der Waals surface area contributed by atoms with Gasteiger partial charge in [0.15, 0.2) is 6.20 Å². The summed E-state index contributed by atoms with van der Waals surface area (Å²) in [5.41, 5.74) is 1.86. The number of benzene rings is 1. The highest BCUT2D eigenvalue weighted by Gasteiger charge is 2.06. The van der Waals surface area contributed by atoms with E-state index in [0.29, 0.717) is 11.3 Å². The van der Waals surface area contributed by atoms with E-state index in [0.717, 1.165) is 10.3 Å². The van der Waals surface area contributed by atoms with Crippen LogP contribution in [0, 0.1) is 16.5 Å². The van der Waals surface area contributed by atoms with Crippen LogP contribution in [0.4, 0.5) is 0 Å². The van der Waals surface area contributed by atoms with Gasteiger partial charge in [-0.05, 0) is 24.3 Å². The van der Waals surface area contributed by atoms with Gasteiger partial charge in [0.05, 0.1) is 11.6 Å². The summed E-state index contributed by atoms with van der Waals surface area (Å²) in [5, 5.41) is 20.2. The maximum atomic E-state index is 11.5. The fourth-order valence-corrected chi connectivity index (χ4v) is 1.40. The van der Waals surface area contributed by atoms with E-state index in [1.807, 2.05) is 12.1 Å². The summed E-state index contributed by atoms with van der Waals surface area (Å²) >= 11 is 0. The Balaban J connectivity index is 2.55. The van der Waals surface area contributed by atoms with Crippen molar-refractivity contribution >= 4 is 0 Å².